The van der Waals surface area contributed by atoms with Crippen LogP contribution in [0.1, 0.15) is 19.8 Å². The fraction of sp³-hybridized carbons (Fsp3) is 0.750. The van der Waals surface area contributed by atoms with Gasteiger partial charge in [0.05, 0.1) is 6.67 Å². The molecule has 70 valence electrons. The first-order valence-corrected chi connectivity index (χ1v) is 4.93. The molecule has 1 heterocycles. The highest BCUT2D eigenvalue weighted by molar-refractivity contribution is 6.38. The smallest absolute Gasteiger partial charge is 0.141 e. The second kappa shape index (κ2) is 4.24. The van der Waals surface area contributed by atoms with Crippen LogP contribution in [0.25, 0.3) is 0 Å². The standard InChI is InChI=1S/C8H14Cl2N2/c1-3-4-5-12-6-11(2)7(9)8(12)10/h3-6H2,1-2H3. The first-order valence-electron chi connectivity index (χ1n) is 4.18. The minimum atomic E-state index is 0.660. The van der Waals surface area contributed by atoms with Gasteiger partial charge in [0.2, 0.25) is 0 Å². The fourth-order valence-corrected chi connectivity index (χ4v) is 1.64. The van der Waals surface area contributed by atoms with Gasteiger partial charge in [0.15, 0.2) is 0 Å². The second-order valence-corrected chi connectivity index (χ2v) is 3.75. The molecule has 0 unspecified atom stereocenters. The van der Waals surface area contributed by atoms with Gasteiger partial charge in [0.25, 0.3) is 0 Å². The molecule has 1 rings (SSSR count). The summed E-state index contributed by atoms with van der Waals surface area (Å²) in [6, 6.07) is 0. The normalized spacial score (nSPS) is 18.0. The topological polar surface area (TPSA) is 6.48 Å². The lowest BCUT2D eigenvalue weighted by Gasteiger charge is -2.18. The summed E-state index contributed by atoms with van der Waals surface area (Å²) in [7, 11) is 1.94. The molecule has 0 saturated carbocycles. The van der Waals surface area contributed by atoms with Crippen LogP contribution >= 0.6 is 23.2 Å². The third-order valence-corrected chi connectivity index (χ3v) is 2.93. The van der Waals surface area contributed by atoms with Gasteiger partial charge in [-0.1, -0.05) is 36.5 Å². The van der Waals surface area contributed by atoms with Gasteiger partial charge in [0, 0.05) is 13.6 Å². The summed E-state index contributed by atoms with van der Waals surface area (Å²) >= 11 is 11.9. The lowest BCUT2D eigenvalue weighted by molar-refractivity contribution is 0.286. The average Bonchev–Trinajstić information content (AvgIpc) is 2.30. The van der Waals surface area contributed by atoms with Crippen LogP contribution < -0.4 is 0 Å². The summed E-state index contributed by atoms with van der Waals surface area (Å²) in [6.45, 7) is 3.98. The van der Waals surface area contributed by atoms with Crippen molar-refractivity contribution in [3.8, 4) is 0 Å². The van der Waals surface area contributed by atoms with Crippen LogP contribution in [0.4, 0.5) is 0 Å². The Bertz CT molecular complexity index is 191. The van der Waals surface area contributed by atoms with Gasteiger partial charge in [0.1, 0.15) is 10.3 Å². The van der Waals surface area contributed by atoms with Gasteiger partial charge in [-0.3, -0.25) is 0 Å². The number of nitrogens with zero attached hydrogens (tertiary/aromatic N) is 2. The van der Waals surface area contributed by atoms with E-state index >= 15 is 0 Å². The Morgan fingerprint density at radius 3 is 2.42 bits per heavy atom. The number of halogens is 2. The molecule has 0 spiro atoms. The maximum atomic E-state index is 5.99. The van der Waals surface area contributed by atoms with Crippen molar-refractivity contribution in [1.82, 2.24) is 9.80 Å². The fourth-order valence-electron chi connectivity index (χ4n) is 1.19. The second-order valence-electron chi connectivity index (χ2n) is 3.04. The predicted molar refractivity (Wildman–Crippen MR) is 53.0 cm³/mol. The highest BCUT2D eigenvalue weighted by atomic mass is 35.5. The first-order chi connectivity index (χ1) is 5.66. The van der Waals surface area contributed by atoms with Gasteiger partial charge >= 0.3 is 0 Å². The van der Waals surface area contributed by atoms with Crippen molar-refractivity contribution in [3.63, 3.8) is 0 Å². The van der Waals surface area contributed by atoms with Gasteiger partial charge in [-0.15, -0.1) is 0 Å². The Labute approximate surface area is 83.7 Å². The molecule has 0 N–H and O–H groups in total. The van der Waals surface area contributed by atoms with E-state index in [-0.39, 0.29) is 0 Å². The van der Waals surface area contributed by atoms with Crippen LogP contribution in [0.15, 0.2) is 10.3 Å². The minimum absolute atomic E-state index is 0.660. The molecule has 2 nitrogen and oxygen atoms in total. The number of unbranched alkanes of at least 4 members (excludes halogenated alkanes) is 1. The molecule has 1 aliphatic rings. The summed E-state index contributed by atoms with van der Waals surface area (Å²) in [5.41, 5.74) is 0. The summed E-state index contributed by atoms with van der Waals surface area (Å²) in [5.74, 6) is 0. The van der Waals surface area contributed by atoms with Crippen LogP contribution in [0.2, 0.25) is 0 Å². The molecule has 0 aromatic heterocycles. The van der Waals surface area contributed by atoms with Gasteiger partial charge in [-0.2, -0.15) is 0 Å². The van der Waals surface area contributed by atoms with Crippen molar-refractivity contribution in [1.29, 1.82) is 0 Å². The van der Waals surface area contributed by atoms with Crippen molar-refractivity contribution in [2.45, 2.75) is 19.8 Å². The van der Waals surface area contributed by atoms with Gasteiger partial charge in [-0.25, -0.2) is 0 Å². The first kappa shape index (κ1) is 10.0. The molecule has 12 heavy (non-hydrogen) atoms. The Hall–Kier alpha value is -0.0800. The zero-order valence-electron chi connectivity index (χ0n) is 7.48. The average molecular weight is 209 g/mol. The lowest BCUT2D eigenvalue weighted by Crippen LogP contribution is -2.25. The van der Waals surface area contributed by atoms with Crippen molar-refractivity contribution < 1.29 is 0 Å². The van der Waals surface area contributed by atoms with E-state index in [2.05, 4.69) is 11.8 Å². The molecular formula is C8H14Cl2N2. The van der Waals surface area contributed by atoms with Crippen molar-refractivity contribution in [2.75, 3.05) is 20.3 Å². The number of rotatable bonds is 3. The van der Waals surface area contributed by atoms with E-state index in [1.54, 1.807) is 0 Å². The number of hydrogen-bond donors (Lipinski definition) is 0. The van der Waals surface area contributed by atoms with Crippen LogP contribution in [-0.4, -0.2) is 30.1 Å². The number of hydrogen-bond acceptors (Lipinski definition) is 2. The Morgan fingerprint density at radius 2 is 2.00 bits per heavy atom. The van der Waals surface area contributed by atoms with Gasteiger partial charge in [-0.05, 0) is 6.42 Å². The third kappa shape index (κ3) is 1.99. The van der Waals surface area contributed by atoms with E-state index < -0.39 is 0 Å². The SMILES string of the molecule is CCCCN1CN(C)C(Cl)=C1Cl. The maximum Gasteiger partial charge on any atom is 0.141 e. The van der Waals surface area contributed by atoms with Crippen LogP contribution in [0, 0.1) is 0 Å². The molecule has 4 heteroatoms. The summed E-state index contributed by atoms with van der Waals surface area (Å²) < 4.78 is 0. The van der Waals surface area contributed by atoms with E-state index in [0.29, 0.717) is 10.3 Å². The van der Waals surface area contributed by atoms with Crippen LogP contribution in [0.5, 0.6) is 0 Å². The lowest BCUT2D eigenvalue weighted by atomic mass is 10.3. The van der Waals surface area contributed by atoms with E-state index in [9.17, 15) is 0 Å². The maximum absolute atomic E-state index is 5.99. The molecule has 0 saturated heterocycles. The molecule has 0 fully saturated rings. The molecule has 0 radical (unpaired) electrons. The zero-order chi connectivity index (χ0) is 9.14. The van der Waals surface area contributed by atoms with Crippen molar-refractivity contribution in [2.24, 2.45) is 0 Å². The summed E-state index contributed by atoms with van der Waals surface area (Å²) in [6.07, 6.45) is 2.34. The van der Waals surface area contributed by atoms with Crippen LogP contribution in [-0.2, 0) is 0 Å². The molecule has 1 aliphatic heterocycles. The highest BCUT2D eigenvalue weighted by Crippen LogP contribution is 2.27. The molecule has 0 aromatic rings. The van der Waals surface area contributed by atoms with E-state index in [0.717, 1.165) is 19.6 Å². The van der Waals surface area contributed by atoms with E-state index in [1.165, 1.54) is 6.42 Å². The Balaban J connectivity index is 2.49. The zero-order valence-corrected chi connectivity index (χ0v) is 8.99. The minimum Gasteiger partial charge on any atom is -0.345 e. The highest BCUT2D eigenvalue weighted by Gasteiger charge is 2.22. The third-order valence-electron chi connectivity index (χ3n) is 1.95. The molecule has 0 aromatic carbocycles. The predicted octanol–water partition coefficient (Wildman–Crippen LogP) is 2.60. The van der Waals surface area contributed by atoms with E-state index in [4.69, 9.17) is 23.2 Å². The van der Waals surface area contributed by atoms with Gasteiger partial charge < -0.3 is 9.80 Å². The Morgan fingerprint density at radius 1 is 1.33 bits per heavy atom. The van der Waals surface area contributed by atoms with Crippen LogP contribution in [0.3, 0.4) is 0 Å². The molecular weight excluding hydrogens is 195 g/mol. The largest absolute Gasteiger partial charge is 0.345 e. The summed E-state index contributed by atoms with van der Waals surface area (Å²) in [5, 5.41) is 1.35. The Kier molecular flexibility index (Phi) is 3.53. The molecule has 0 bridgehead atoms. The van der Waals surface area contributed by atoms with Crippen molar-refractivity contribution >= 4 is 23.2 Å². The molecule has 0 atom stereocenters. The van der Waals surface area contributed by atoms with Crippen molar-refractivity contribution in [3.05, 3.63) is 10.3 Å². The monoisotopic (exact) mass is 208 g/mol. The molecule has 0 aliphatic carbocycles. The molecule has 0 amide bonds. The summed E-state index contributed by atoms with van der Waals surface area (Å²) in [4.78, 5) is 4.03. The quantitative estimate of drug-likeness (QED) is 0.659. The van der Waals surface area contributed by atoms with E-state index in [1.807, 2.05) is 11.9 Å².